The second kappa shape index (κ2) is 3.67. The molecule has 2 aliphatic rings. The lowest BCUT2D eigenvalue weighted by atomic mass is 9.91. The monoisotopic (exact) mass is 219 g/mol. The van der Waals surface area contributed by atoms with Gasteiger partial charge in [-0.3, -0.25) is 0 Å². The van der Waals surface area contributed by atoms with Gasteiger partial charge in [0.15, 0.2) is 11.5 Å². The van der Waals surface area contributed by atoms with Crippen LogP contribution in [0.5, 0.6) is 11.5 Å². The Kier molecular flexibility index (Phi) is 2.28. The lowest BCUT2D eigenvalue weighted by Crippen LogP contribution is -2.36. The predicted octanol–water partition coefficient (Wildman–Crippen LogP) is 2.05. The van der Waals surface area contributed by atoms with Crippen LogP contribution in [0.15, 0.2) is 12.1 Å². The van der Waals surface area contributed by atoms with Crippen LogP contribution in [0.4, 0.5) is 0 Å². The van der Waals surface area contributed by atoms with Crippen LogP contribution in [0.3, 0.4) is 0 Å². The third-order valence-electron chi connectivity index (χ3n) is 3.33. The third-order valence-corrected chi connectivity index (χ3v) is 3.33. The van der Waals surface area contributed by atoms with Gasteiger partial charge < -0.3 is 14.8 Å². The van der Waals surface area contributed by atoms with E-state index in [0.29, 0.717) is 25.3 Å². The Balaban J connectivity index is 2.06. The molecule has 2 heterocycles. The van der Waals surface area contributed by atoms with Crippen LogP contribution < -0.4 is 14.8 Å². The summed E-state index contributed by atoms with van der Waals surface area (Å²) >= 11 is 0. The standard InChI is InChI=1S/C13H17NO2/c1-8-5-10-6-12-13(16-4-3-15-12)7-11(10)9(2)14-8/h6-9,14H,3-5H2,1-2H3. The summed E-state index contributed by atoms with van der Waals surface area (Å²) in [4.78, 5) is 0. The highest BCUT2D eigenvalue weighted by atomic mass is 16.6. The Morgan fingerprint density at radius 2 is 1.81 bits per heavy atom. The molecule has 0 aliphatic carbocycles. The zero-order chi connectivity index (χ0) is 11.1. The lowest BCUT2D eigenvalue weighted by molar-refractivity contribution is 0.170. The molecule has 0 bridgehead atoms. The first-order valence-corrected chi connectivity index (χ1v) is 5.92. The van der Waals surface area contributed by atoms with E-state index >= 15 is 0 Å². The van der Waals surface area contributed by atoms with E-state index in [1.54, 1.807) is 0 Å². The molecule has 0 saturated carbocycles. The number of nitrogens with one attached hydrogen (secondary N) is 1. The van der Waals surface area contributed by atoms with Crippen molar-refractivity contribution in [1.29, 1.82) is 0 Å². The van der Waals surface area contributed by atoms with E-state index in [9.17, 15) is 0 Å². The molecule has 1 aromatic rings. The first kappa shape index (κ1) is 9.97. The number of hydrogen-bond acceptors (Lipinski definition) is 3. The van der Waals surface area contributed by atoms with Crippen LogP contribution >= 0.6 is 0 Å². The van der Waals surface area contributed by atoms with E-state index in [0.717, 1.165) is 17.9 Å². The highest BCUT2D eigenvalue weighted by molar-refractivity contribution is 5.50. The Bertz CT molecular complexity index is 417. The first-order valence-electron chi connectivity index (χ1n) is 5.92. The van der Waals surface area contributed by atoms with Crippen molar-refractivity contribution in [2.24, 2.45) is 0 Å². The van der Waals surface area contributed by atoms with E-state index in [2.05, 4.69) is 31.3 Å². The molecule has 3 nitrogen and oxygen atoms in total. The molecule has 16 heavy (non-hydrogen) atoms. The van der Waals surface area contributed by atoms with Crippen LogP contribution in [0.25, 0.3) is 0 Å². The fourth-order valence-corrected chi connectivity index (χ4v) is 2.63. The van der Waals surface area contributed by atoms with Gasteiger partial charge in [-0.15, -0.1) is 0 Å². The molecule has 86 valence electrons. The van der Waals surface area contributed by atoms with Gasteiger partial charge in [0.2, 0.25) is 0 Å². The topological polar surface area (TPSA) is 30.5 Å². The fraction of sp³-hybridized carbons (Fsp3) is 0.538. The Morgan fingerprint density at radius 1 is 1.12 bits per heavy atom. The average Bonchev–Trinajstić information content (AvgIpc) is 2.27. The van der Waals surface area contributed by atoms with Gasteiger partial charge in [-0.05, 0) is 43.5 Å². The zero-order valence-electron chi connectivity index (χ0n) is 9.75. The van der Waals surface area contributed by atoms with Gasteiger partial charge >= 0.3 is 0 Å². The van der Waals surface area contributed by atoms with Crippen molar-refractivity contribution in [3.8, 4) is 11.5 Å². The van der Waals surface area contributed by atoms with E-state index in [4.69, 9.17) is 9.47 Å². The lowest BCUT2D eigenvalue weighted by Gasteiger charge is -2.31. The van der Waals surface area contributed by atoms with Crippen molar-refractivity contribution in [3.63, 3.8) is 0 Å². The minimum absolute atomic E-state index is 0.398. The van der Waals surface area contributed by atoms with Gasteiger partial charge in [-0.25, -0.2) is 0 Å². The number of rotatable bonds is 0. The molecule has 2 atom stereocenters. The molecule has 2 unspecified atom stereocenters. The molecule has 0 saturated heterocycles. The molecular weight excluding hydrogens is 202 g/mol. The van der Waals surface area contributed by atoms with E-state index in [1.807, 2.05) is 0 Å². The molecule has 0 fully saturated rings. The van der Waals surface area contributed by atoms with Crippen LogP contribution in [0.1, 0.15) is 31.0 Å². The van der Waals surface area contributed by atoms with Crippen molar-refractivity contribution in [3.05, 3.63) is 23.3 Å². The summed E-state index contributed by atoms with van der Waals surface area (Å²) in [5.74, 6) is 1.81. The second-order valence-electron chi connectivity index (χ2n) is 4.69. The third kappa shape index (κ3) is 1.55. The number of benzene rings is 1. The SMILES string of the molecule is CC1Cc2cc3c(cc2C(C)N1)OCCO3. The molecule has 0 amide bonds. The predicted molar refractivity (Wildman–Crippen MR) is 62.1 cm³/mol. The van der Waals surface area contributed by atoms with Crippen LogP contribution in [0, 0.1) is 0 Å². The van der Waals surface area contributed by atoms with Gasteiger partial charge in [0, 0.05) is 12.1 Å². The summed E-state index contributed by atoms with van der Waals surface area (Å²) in [5, 5.41) is 3.55. The van der Waals surface area contributed by atoms with Gasteiger partial charge in [0.1, 0.15) is 13.2 Å². The second-order valence-corrected chi connectivity index (χ2v) is 4.69. The quantitative estimate of drug-likeness (QED) is 0.724. The summed E-state index contributed by atoms with van der Waals surface area (Å²) in [7, 11) is 0. The minimum Gasteiger partial charge on any atom is -0.486 e. The Labute approximate surface area is 95.8 Å². The van der Waals surface area contributed by atoms with E-state index in [-0.39, 0.29) is 0 Å². The molecule has 0 aromatic heterocycles. The largest absolute Gasteiger partial charge is 0.486 e. The highest BCUT2D eigenvalue weighted by Crippen LogP contribution is 2.37. The van der Waals surface area contributed by atoms with Gasteiger partial charge in [0.25, 0.3) is 0 Å². The maximum atomic E-state index is 5.61. The summed E-state index contributed by atoms with van der Waals surface area (Å²) in [6, 6.07) is 5.21. The Hall–Kier alpha value is -1.22. The van der Waals surface area contributed by atoms with E-state index in [1.165, 1.54) is 11.1 Å². The summed E-state index contributed by atoms with van der Waals surface area (Å²) in [6.45, 7) is 5.74. The summed E-state index contributed by atoms with van der Waals surface area (Å²) in [6.07, 6.45) is 1.07. The molecule has 1 aromatic carbocycles. The van der Waals surface area contributed by atoms with Crippen molar-refractivity contribution >= 4 is 0 Å². The molecule has 3 rings (SSSR count). The molecule has 0 radical (unpaired) electrons. The molecule has 0 spiro atoms. The molecule has 3 heteroatoms. The van der Waals surface area contributed by atoms with Gasteiger partial charge in [-0.1, -0.05) is 0 Å². The van der Waals surface area contributed by atoms with Crippen LogP contribution in [-0.4, -0.2) is 19.3 Å². The zero-order valence-corrected chi connectivity index (χ0v) is 9.75. The van der Waals surface area contributed by atoms with Crippen molar-refractivity contribution in [2.75, 3.05) is 13.2 Å². The summed E-state index contributed by atoms with van der Waals surface area (Å²) in [5.41, 5.74) is 2.74. The minimum atomic E-state index is 0.398. The van der Waals surface area contributed by atoms with Crippen molar-refractivity contribution in [2.45, 2.75) is 32.4 Å². The molecular formula is C13H17NO2. The number of ether oxygens (including phenoxy) is 2. The van der Waals surface area contributed by atoms with Crippen LogP contribution in [0.2, 0.25) is 0 Å². The van der Waals surface area contributed by atoms with Crippen molar-refractivity contribution < 1.29 is 9.47 Å². The number of hydrogen-bond donors (Lipinski definition) is 1. The number of fused-ring (bicyclic) bond motifs is 2. The average molecular weight is 219 g/mol. The fourth-order valence-electron chi connectivity index (χ4n) is 2.63. The highest BCUT2D eigenvalue weighted by Gasteiger charge is 2.24. The molecule has 1 N–H and O–H groups in total. The van der Waals surface area contributed by atoms with Gasteiger partial charge in [0.05, 0.1) is 0 Å². The first-order chi connectivity index (χ1) is 7.74. The molecule has 2 aliphatic heterocycles. The van der Waals surface area contributed by atoms with E-state index < -0.39 is 0 Å². The maximum absolute atomic E-state index is 5.61. The Morgan fingerprint density at radius 3 is 2.56 bits per heavy atom. The van der Waals surface area contributed by atoms with Crippen molar-refractivity contribution in [1.82, 2.24) is 5.32 Å². The van der Waals surface area contributed by atoms with Gasteiger partial charge in [-0.2, -0.15) is 0 Å². The van der Waals surface area contributed by atoms with Crippen LogP contribution in [-0.2, 0) is 6.42 Å². The summed E-state index contributed by atoms with van der Waals surface area (Å²) < 4.78 is 11.2. The normalized spacial score (nSPS) is 27.4. The maximum Gasteiger partial charge on any atom is 0.161 e. The smallest absolute Gasteiger partial charge is 0.161 e.